The monoisotopic (exact) mass is 348 g/mol. The summed E-state index contributed by atoms with van der Waals surface area (Å²) in [6.45, 7) is 4.56. The predicted molar refractivity (Wildman–Crippen MR) is 97.3 cm³/mol. The number of hydrogen-bond acceptors (Lipinski definition) is 3. The van der Waals surface area contributed by atoms with Gasteiger partial charge in [0, 0.05) is 49.0 Å². The van der Waals surface area contributed by atoms with Gasteiger partial charge in [-0.2, -0.15) is 0 Å². The molecule has 1 aromatic heterocycles. The lowest BCUT2D eigenvalue weighted by molar-refractivity contribution is 0.174. The highest BCUT2D eigenvalue weighted by atomic mass is 35.5. The highest BCUT2D eigenvalue weighted by molar-refractivity contribution is 7.10. The van der Waals surface area contributed by atoms with E-state index in [0.29, 0.717) is 0 Å². The quantitative estimate of drug-likeness (QED) is 0.659. The molecule has 122 valence electrons. The maximum Gasteiger partial charge on any atom is 0.188 e. The molecule has 1 fully saturated rings. The molecule has 6 heteroatoms. The van der Waals surface area contributed by atoms with E-state index < -0.39 is 0 Å². The number of nitrogens with zero attached hydrogens (tertiary/aromatic N) is 2. The molecule has 4 nitrogen and oxygen atoms in total. The number of guanidine groups is 1. The van der Waals surface area contributed by atoms with Crippen LogP contribution in [0.4, 0.5) is 0 Å². The average molecular weight is 349 g/mol. The number of benzene rings is 1. The van der Waals surface area contributed by atoms with Crippen molar-refractivity contribution >= 4 is 28.9 Å². The van der Waals surface area contributed by atoms with Crippen molar-refractivity contribution in [2.45, 2.75) is 13.0 Å². The standard InChI is InChI=1S/C17H21ClN4S/c18-15-3-1-13(2-4-15)11-16-14(5-10-23-16)12-21-6-8-22(9-7-21)17(19)20/h1-5,10H,6-9,11-12H2,(H3,19,20). The van der Waals surface area contributed by atoms with E-state index in [4.69, 9.17) is 22.7 Å². The third-order valence-corrected chi connectivity index (χ3v) is 5.44. The Bertz CT molecular complexity index is 659. The summed E-state index contributed by atoms with van der Waals surface area (Å²) in [4.78, 5) is 5.78. The molecule has 1 saturated heterocycles. The van der Waals surface area contributed by atoms with Crippen molar-refractivity contribution < 1.29 is 0 Å². The van der Waals surface area contributed by atoms with Crippen LogP contribution in [-0.2, 0) is 13.0 Å². The lowest BCUT2D eigenvalue weighted by Gasteiger charge is -2.34. The first-order valence-electron chi connectivity index (χ1n) is 7.73. The van der Waals surface area contributed by atoms with E-state index >= 15 is 0 Å². The van der Waals surface area contributed by atoms with Gasteiger partial charge in [0.15, 0.2) is 5.96 Å². The largest absolute Gasteiger partial charge is 0.370 e. The Hall–Kier alpha value is -1.56. The maximum absolute atomic E-state index is 7.50. The number of thiophene rings is 1. The molecule has 2 heterocycles. The van der Waals surface area contributed by atoms with Gasteiger partial charge >= 0.3 is 0 Å². The number of nitrogens with one attached hydrogen (secondary N) is 1. The fourth-order valence-electron chi connectivity index (χ4n) is 2.84. The lowest BCUT2D eigenvalue weighted by atomic mass is 10.1. The van der Waals surface area contributed by atoms with Gasteiger partial charge in [-0.15, -0.1) is 11.3 Å². The van der Waals surface area contributed by atoms with Gasteiger partial charge in [-0.3, -0.25) is 10.3 Å². The van der Waals surface area contributed by atoms with Crippen molar-refractivity contribution in [2.24, 2.45) is 5.73 Å². The number of halogens is 1. The number of piperazine rings is 1. The molecular weight excluding hydrogens is 328 g/mol. The number of nitrogens with two attached hydrogens (primary N) is 1. The second-order valence-electron chi connectivity index (χ2n) is 5.82. The van der Waals surface area contributed by atoms with Crippen LogP contribution >= 0.6 is 22.9 Å². The Morgan fingerprint density at radius 3 is 2.48 bits per heavy atom. The van der Waals surface area contributed by atoms with Gasteiger partial charge in [-0.25, -0.2) is 0 Å². The minimum atomic E-state index is 0.184. The van der Waals surface area contributed by atoms with Crippen LogP contribution in [0.15, 0.2) is 35.7 Å². The third kappa shape index (κ3) is 4.25. The SMILES string of the molecule is N=C(N)N1CCN(Cc2ccsc2Cc2ccc(Cl)cc2)CC1. The summed E-state index contributed by atoms with van der Waals surface area (Å²) in [6.07, 6.45) is 0.956. The van der Waals surface area contributed by atoms with Crippen LogP contribution in [0.2, 0.25) is 5.02 Å². The Morgan fingerprint density at radius 1 is 1.13 bits per heavy atom. The molecule has 2 aromatic rings. The zero-order chi connectivity index (χ0) is 16.2. The van der Waals surface area contributed by atoms with Crippen LogP contribution in [0.25, 0.3) is 0 Å². The fourth-order valence-corrected chi connectivity index (χ4v) is 3.89. The summed E-state index contributed by atoms with van der Waals surface area (Å²) in [6, 6.07) is 10.3. The van der Waals surface area contributed by atoms with Gasteiger partial charge in [-0.1, -0.05) is 23.7 Å². The molecule has 3 N–H and O–H groups in total. The van der Waals surface area contributed by atoms with Crippen molar-refractivity contribution in [3.05, 3.63) is 56.7 Å². The van der Waals surface area contributed by atoms with Crippen LogP contribution in [0.5, 0.6) is 0 Å². The summed E-state index contributed by atoms with van der Waals surface area (Å²) in [5.74, 6) is 0.184. The van der Waals surface area contributed by atoms with Crippen LogP contribution in [0.3, 0.4) is 0 Å². The van der Waals surface area contributed by atoms with Gasteiger partial charge in [0.25, 0.3) is 0 Å². The minimum absolute atomic E-state index is 0.184. The smallest absolute Gasteiger partial charge is 0.188 e. The van der Waals surface area contributed by atoms with E-state index in [2.05, 4.69) is 28.5 Å². The summed E-state index contributed by atoms with van der Waals surface area (Å²) < 4.78 is 0. The first-order valence-corrected chi connectivity index (χ1v) is 8.98. The second kappa shape index (κ2) is 7.34. The van der Waals surface area contributed by atoms with Crippen molar-refractivity contribution in [1.29, 1.82) is 5.41 Å². The van der Waals surface area contributed by atoms with Crippen LogP contribution in [0, 0.1) is 5.41 Å². The lowest BCUT2D eigenvalue weighted by Crippen LogP contribution is -2.50. The first kappa shape index (κ1) is 16.3. The second-order valence-corrected chi connectivity index (χ2v) is 7.26. The van der Waals surface area contributed by atoms with Gasteiger partial charge in [0.05, 0.1) is 0 Å². The summed E-state index contributed by atoms with van der Waals surface area (Å²) >= 11 is 7.77. The molecule has 1 aliphatic rings. The molecule has 0 unspecified atom stereocenters. The van der Waals surface area contributed by atoms with Gasteiger partial charge in [0.2, 0.25) is 0 Å². The molecule has 0 bridgehead atoms. The van der Waals surface area contributed by atoms with E-state index in [1.165, 1.54) is 16.0 Å². The Morgan fingerprint density at radius 2 is 1.83 bits per heavy atom. The Balaban J connectivity index is 1.60. The van der Waals surface area contributed by atoms with Gasteiger partial charge < -0.3 is 10.6 Å². The topological polar surface area (TPSA) is 56.4 Å². The Labute approximate surface area is 146 Å². The molecule has 1 aromatic carbocycles. The van der Waals surface area contributed by atoms with Crippen molar-refractivity contribution in [3.8, 4) is 0 Å². The van der Waals surface area contributed by atoms with Gasteiger partial charge in [-0.05, 0) is 34.7 Å². The van der Waals surface area contributed by atoms with Gasteiger partial charge in [0.1, 0.15) is 0 Å². The van der Waals surface area contributed by atoms with E-state index in [0.717, 1.165) is 44.2 Å². The molecule has 0 saturated carbocycles. The average Bonchev–Trinajstić information content (AvgIpc) is 2.97. The van der Waals surface area contributed by atoms with Crippen molar-refractivity contribution in [3.63, 3.8) is 0 Å². The molecule has 0 amide bonds. The van der Waals surface area contributed by atoms with Crippen LogP contribution in [0.1, 0.15) is 16.0 Å². The molecule has 3 rings (SSSR count). The van der Waals surface area contributed by atoms with Crippen molar-refractivity contribution in [1.82, 2.24) is 9.80 Å². The molecule has 0 atom stereocenters. The van der Waals surface area contributed by atoms with Crippen LogP contribution < -0.4 is 5.73 Å². The predicted octanol–water partition coefficient (Wildman–Crippen LogP) is 3.00. The minimum Gasteiger partial charge on any atom is -0.370 e. The molecule has 23 heavy (non-hydrogen) atoms. The fraction of sp³-hybridized carbons (Fsp3) is 0.353. The van der Waals surface area contributed by atoms with Crippen LogP contribution in [-0.4, -0.2) is 41.9 Å². The van der Waals surface area contributed by atoms with E-state index in [1.807, 2.05) is 28.4 Å². The summed E-state index contributed by atoms with van der Waals surface area (Å²) in [5, 5.41) is 10.5. The zero-order valence-corrected chi connectivity index (χ0v) is 14.5. The number of rotatable bonds is 4. The van der Waals surface area contributed by atoms with E-state index in [9.17, 15) is 0 Å². The highest BCUT2D eigenvalue weighted by Gasteiger charge is 2.18. The molecule has 1 aliphatic heterocycles. The molecule has 0 aliphatic carbocycles. The Kier molecular flexibility index (Phi) is 5.20. The summed E-state index contributed by atoms with van der Waals surface area (Å²) in [7, 11) is 0. The van der Waals surface area contributed by atoms with E-state index in [-0.39, 0.29) is 5.96 Å². The zero-order valence-electron chi connectivity index (χ0n) is 13.0. The first-order chi connectivity index (χ1) is 11.1. The number of hydrogen-bond donors (Lipinski definition) is 2. The summed E-state index contributed by atoms with van der Waals surface area (Å²) in [5.41, 5.74) is 8.25. The maximum atomic E-state index is 7.50. The molecule has 0 spiro atoms. The van der Waals surface area contributed by atoms with Crippen molar-refractivity contribution in [2.75, 3.05) is 26.2 Å². The molecule has 0 radical (unpaired) electrons. The normalized spacial score (nSPS) is 15.8. The third-order valence-electron chi connectivity index (χ3n) is 4.22. The molecular formula is C17H21ClN4S. The highest BCUT2D eigenvalue weighted by Crippen LogP contribution is 2.23. The van der Waals surface area contributed by atoms with E-state index in [1.54, 1.807) is 0 Å².